The summed E-state index contributed by atoms with van der Waals surface area (Å²) in [5, 5.41) is 8.70. The highest BCUT2D eigenvalue weighted by Gasteiger charge is 1.99. The number of hydrogen-bond donors (Lipinski definition) is 1. The van der Waals surface area contributed by atoms with Crippen molar-refractivity contribution in [2.45, 2.75) is 0 Å². The molecule has 0 aliphatic rings. The predicted molar refractivity (Wildman–Crippen MR) is 46.1 cm³/mol. The first-order chi connectivity index (χ1) is 6.37. The Morgan fingerprint density at radius 1 is 1.70 bits per heavy atom. The topological polar surface area (TPSA) is 37.3 Å². The van der Waals surface area contributed by atoms with Crippen LogP contribution in [0.5, 0.6) is 0 Å². The molecule has 1 rings (SSSR count). The maximum atomic E-state index is 10.7. The van der Waals surface area contributed by atoms with Gasteiger partial charge in [-0.2, -0.15) is 0 Å². The lowest BCUT2D eigenvalue weighted by Crippen LogP contribution is -1.95. The van der Waals surface area contributed by atoms with Gasteiger partial charge >= 0.3 is 5.97 Å². The van der Waals surface area contributed by atoms with Crippen LogP contribution in [0.4, 0.5) is 0 Å². The summed E-state index contributed by atoms with van der Waals surface area (Å²) in [7, 11) is 0. The van der Waals surface area contributed by atoms with Gasteiger partial charge in [0.2, 0.25) is 0 Å². The van der Waals surface area contributed by atoms with E-state index in [2.05, 4.69) is 0 Å². The second-order valence-electron chi connectivity index (χ2n) is 1.49. The summed E-state index contributed by atoms with van der Waals surface area (Å²) in [6.07, 6.45) is 0. The number of carboxylic acids is 1. The second-order valence-corrected chi connectivity index (χ2v) is 2.57. The van der Waals surface area contributed by atoms with E-state index in [4.69, 9.17) is 10.6 Å². The summed E-state index contributed by atoms with van der Waals surface area (Å²) in [4.78, 5) is 10.7. The van der Waals surface area contributed by atoms with Gasteiger partial charge in [0.25, 0.3) is 0 Å². The van der Waals surface area contributed by atoms with Gasteiger partial charge in [0.15, 0.2) is 0 Å². The van der Waals surface area contributed by atoms with E-state index in [0.29, 0.717) is 0 Å². The van der Waals surface area contributed by atoms with Crippen LogP contribution in [0.3, 0.4) is 0 Å². The minimum Gasteiger partial charge on any atom is -0.478 e. The van der Waals surface area contributed by atoms with Crippen molar-refractivity contribution >= 4 is 28.6 Å². The summed E-state index contributed by atoms with van der Waals surface area (Å²) < 4.78 is 29.4. The van der Waals surface area contributed by atoms with Crippen molar-refractivity contribution in [3.8, 4) is 0 Å². The van der Waals surface area contributed by atoms with Crippen LogP contribution in [0.15, 0.2) is 24.2 Å². The fourth-order valence-corrected chi connectivity index (χ4v) is 0.832. The lowest BCUT2D eigenvalue weighted by molar-refractivity contribution is 0.0697. The van der Waals surface area contributed by atoms with Gasteiger partial charge in [-0.3, -0.25) is 0 Å². The molecule has 0 aromatic heterocycles. The second kappa shape index (κ2) is 3.01. The van der Waals surface area contributed by atoms with E-state index in [-0.39, 0.29) is 15.7 Å². The standard InChI is InChI=1S/C7H5IO2/c8-6-3-1-2-5(4-6)7(9)10/h1-4H,(H,9,10)/i1D,2D,3D,4D. The molecule has 0 aliphatic heterocycles. The van der Waals surface area contributed by atoms with Gasteiger partial charge in [0.05, 0.1) is 11.0 Å². The normalized spacial score (nSPS) is 14.9. The van der Waals surface area contributed by atoms with Gasteiger partial charge in [-0.15, -0.1) is 0 Å². The smallest absolute Gasteiger partial charge is 0.335 e. The van der Waals surface area contributed by atoms with Crippen LogP contribution in [-0.2, 0) is 0 Å². The van der Waals surface area contributed by atoms with Crippen LogP contribution < -0.4 is 0 Å². The van der Waals surface area contributed by atoms with Crippen molar-refractivity contribution in [2.24, 2.45) is 0 Å². The highest BCUT2D eigenvalue weighted by Crippen LogP contribution is 2.06. The predicted octanol–water partition coefficient (Wildman–Crippen LogP) is 1.99. The molecule has 3 heteroatoms. The highest BCUT2D eigenvalue weighted by atomic mass is 127. The fraction of sp³-hybridized carbons (Fsp3) is 0. The molecular weight excluding hydrogens is 243 g/mol. The van der Waals surface area contributed by atoms with Gasteiger partial charge in [0.1, 0.15) is 0 Å². The third-order valence-corrected chi connectivity index (χ3v) is 1.35. The van der Waals surface area contributed by atoms with Crippen LogP contribution in [-0.4, -0.2) is 11.1 Å². The van der Waals surface area contributed by atoms with Gasteiger partial charge in [-0.1, -0.05) is 6.04 Å². The Hall–Kier alpha value is -0.580. The SMILES string of the molecule is [2H]c1c([2H])c(I)c([2H])c(C(=O)O)c1[2H]. The van der Waals surface area contributed by atoms with Crippen molar-refractivity contribution in [3.63, 3.8) is 0 Å². The largest absolute Gasteiger partial charge is 0.478 e. The van der Waals surface area contributed by atoms with Gasteiger partial charge in [-0.25, -0.2) is 4.79 Å². The number of carboxylic acid groups (broad SMARTS) is 1. The van der Waals surface area contributed by atoms with Gasteiger partial charge in [0, 0.05) is 3.57 Å². The lowest BCUT2D eigenvalue weighted by atomic mass is 10.2. The molecule has 0 saturated carbocycles. The van der Waals surface area contributed by atoms with Crippen molar-refractivity contribution in [1.29, 1.82) is 0 Å². The third-order valence-electron chi connectivity index (χ3n) is 0.808. The summed E-state index contributed by atoms with van der Waals surface area (Å²) in [5.41, 5.74) is -0.518. The van der Waals surface area contributed by atoms with Crippen LogP contribution in [0.1, 0.15) is 15.8 Å². The van der Waals surface area contributed by atoms with E-state index in [1.54, 1.807) is 22.6 Å². The number of benzene rings is 1. The van der Waals surface area contributed by atoms with E-state index in [9.17, 15) is 4.79 Å². The van der Waals surface area contributed by atoms with Crippen LogP contribution in [0.25, 0.3) is 0 Å². The van der Waals surface area contributed by atoms with E-state index < -0.39 is 23.6 Å². The average molecular weight is 252 g/mol. The number of aromatic carboxylic acids is 1. The Morgan fingerprint density at radius 3 is 3.00 bits per heavy atom. The van der Waals surface area contributed by atoms with Crippen LogP contribution in [0, 0.1) is 3.57 Å². The molecule has 0 amide bonds. The van der Waals surface area contributed by atoms with Crippen LogP contribution in [0.2, 0.25) is 0 Å². The first kappa shape index (κ1) is 3.71. The molecule has 52 valence electrons. The van der Waals surface area contributed by atoms with Crippen molar-refractivity contribution in [3.05, 3.63) is 33.3 Å². The fourth-order valence-electron chi connectivity index (χ4n) is 0.428. The molecular formula is C7H5IO2. The molecule has 0 unspecified atom stereocenters. The molecule has 2 nitrogen and oxygen atoms in total. The Kier molecular flexibility index (Phi) is 1.11. The quantitative estimate of drug-likeness (QED) is 0.776. The number of halogens is 1. The Labute approximate surface area is 77.6 Å². The maximum Gasteiger partial charge on any atom is 0.335 e. The zero-order chi connectivity index (χ0) is 11.0. The van der Waals surface area contributed by atoms with E-state index >= 15 is 0 Å². The molecule has 1 N–H and O–H groups in total. The monoisotopic (exact) mass is 252 g/mol. The molecule has 0 saturated heterocycles. The summed E-state index contributed by atoms with van der Waals surface area (Å²) >= 11 is 1.63. The van der Waals surface area contributed by atoms with Crippen molar-refractivity contribution < 1.29 is 15.4 Å². The molecule has 1 aromatic rings. The minimum absolute atomic E-state index is 0.0843. The number of carbonyl (C=O) groups is 1. The summed E-state index contributed by atoms with van der Waals surface area (Å²) in [6.45, 7) is 0. The number of rotatable bonds is 1. The third kappa shape index (κ3) is 1.70. The Bertz CT molecular complexity index is 390. The molecule has 0 spiro atoms. The zero-order valence-corrected chi connectivity index (χ0v) is 6.89. The summed E-state index contributed by atoms with van der Waals surface area (Å²) in [6, 6.07) is -1.68. The highest BCUT2D eigenvalue weighted by molar-refractivity contribution is 14.1. The molecule has 0 heterocycles. The van der Waals surface area contributed by atoms with E-state index in [1.165, 1.54) is 0 Å². The van der Waals surface area contributed by atoms with Crippen molar-refractivity contribution in [1.82, 2.24) is 0 Å². The Morgan fingerprint density at radius 2 is 2.40 bits per heavy atom. The molecule has 1 aromatic carbocycles. The lowest BCUT2D eigenvalue weighted by Gasteiger charge is -1.92. The molecule has 0 atom stereocenters. The molecule has 0 aliphatic carbocycles. The van der Waals surface area contributed by atoms with Crippen LogP contribution >= 0.6 is 22.6 Å². The molecule has 0 bridgehead atoms. The van der Waals surface area contributed by atoms with Crippen molar-refractivity contribution in [2.75, 3.05) is 0 Å². The zero-order valence-electron chi connectivity index (χ0n) is 8.73. The van der Waals surface area contributed by atoms with Gasteiger partial charge < -0.3 is 5.11 Å². The molecule has 0 fully saturated rings. The first-order valence-electron chi connectivity index (χ1n) is 4.37. The average Bonchev–Trinajstić information content (AvgIpc) is 2.11. The Balaban J connectivity index is 3.68. The van der Waals surface area contributed by atoms with E-state index in [0.717, 1.165) is 0 Å². The molecule has 10 heavy (non-hydrogen) atoms. The molecule has 0 radical (unpaired) electrons. The van der Waals surface area contributed by atoms with E-state index in [1.807, 2.05) is 0 Å². The summed E-state index contributed by atoms with van der Waals surface area (Å²) in [5.74, 6) is -1.41. The first-order valence-corrected chi connectivity index (χ1v) is 3.45. The minimum atomic E-state index is -1.41. The number of hydrogen-bond acceptors (Lipinski definition) is 1. The maximum absolute atomic E-state index is 10.7. The van der Waals surface area contributed by atoms with Gasteiger partial charge in [-0.05, 0) is 40.7 Å².